The molecule has 0 fully saturated rings. The van der Waals surface area contributed by atoms with Crippen LogP contribution >= 0.6 is 22.9 Å². The normalized spacial score (nSPS) is 11.2. The van der Waals surface area contributed by atoms with E-state index in [2.05, 4.69) is 11.3 Å². The summed E-state index contributed by atoms with van der Waals surface area (Å²) in [6, 6.07) is 9.87. The van der Waals surface area contributed by atoms with Crippen LogP contribution in [-0.4, -0.2) is 32.3 Å². The predicted molar refractivity (Wildman–Crippen MR) is 101 cm³/mol. The third kappa shape index (κ3) is 5.97. The van der Waals surface area contributed by atoms with Gasteiger partial charge in [-0.1, -0.05) is 29.8 Å². The minimum atomic E-state index is -3.69. The number of nitrogens with zero attached hydrogens (tertiary/aromatic N) is 1. The van der Waals surface area contributed by atoms with Crippen molar-refractivity contribution in [2.75, 3.05) is 13.1 Å². The zero-order valence-corrected chi connectivity index (χ0v) is 15.9. The number of nitrogens with one attached hydrogen (secondary N) is 1. The van der Waals surface area contributed by atoms with Gasteiger partial charge in [-0.05, 0) is 29.6 Å². The van der Waals surface area contributed by atoms with Gasteiger partial charge in [-0.25, -0.2) is 13.1 Å². The number of amides is 1. The van der Waals surface area contributed by atoms with Crippen molar-refractivity contribution in [3.05, 3.63) is 64.3 Å². The maximum absolute atomic E-state index is 12.4. The summed E-state index contributed by atoms with van der Waals surface area (Å²) in [6.45, 7) is 4.59. The average molecular weight is 399 g/mol. The SMILES string of the molecule is C=CCN(Cc1cccs1)C(=O)CCNS(=O)(=O)c1cccc(Cl)c1. The molecule has 0 aliphatic carbocycles. The molecule has 0 saturated heterocycles. The molecule has 0 bridgehead atoms. The second-order valence-electron chi connectivity index (χ2n) is 5.25. The van der Waals surface area contributed by atoms with E-state index >= 15 is 0 Å². The lowest BCUT2D eigenvalue weighted by molar-refractivity contribution is -0.131. The first-order valence-corrected chi connectivity index (χ1v) is 10.3. The fourth-order valence-electron chi connectivity index (χ4n) is 2.17. The van der Waals surface area contributed by atoms with Crippen molar-refractivity contribution >= 4 is 38.9 Å². The minimum Gasteiger partial charge on any atom is -0.334 e. The highest BCUT2D eigenvalue weighted by molar-refractivity contribution is 7.89. The molecule has 1 aromatic carbocycles. The van der Waals surface area contributed by atoms with E-state index in [9.17, 15) is 13.2 Å². The van der Waals surface area contributed by atoms with Crippen LogP contribution in [0.5, 0.6) is 0 Å². The van der Waals surface area contributed by atoms with E-state index in [1.807, 2.05) is 17.5 Å². The molecule has 0 aliphatic heterocycles. The van der Waals surface area contributed by atoms with Crippen molar-refractivity contribution in [2.24, 2.45) is 0 Å². The summed E-state index contributed by atoms with van der Waals surface area (Å²) in [4.78, 5) is 15.2. The summed E-state index contributed by atoms with van der Waals surface area (Å²) in [7, 11) is -3.69. The third-order valence-electron chi connectivity index (χ3n) is 3.37. The Hall–Kier alpha value is -1.67. The highest BCUT2D eigenvalue weighted by Crippen LogP contribution is 2.15. The molecule has 2 aromatic rings. The van der Waals surface area contributed by atoms with Gasteiger partial charge in [0.25, 0.3) is 0 Å². The van der Waals surface area contributed by atoms with Gasteiger partial charge >= 0.3 is 0 Å². The summed E-state index contributed by atoms with van der Waals surface area (Å²) in [5.74, 6) is -0.137. The first-order chi connectivity index (χ1) is 11.9. The molecular weight excluding hydrogens is 380 g/mol. The zero-order valence-electron chi connectivity index (χ0n) is 13.5. The average Bonchev–Trinajstić information content (AvgIpc) is 3.07. The van der Waals surface area contributed by atoms with E-state index in [0.29, 0.717) is 18.1 Å². The van der Waals surface area contributed by atoms with Gasteiger partial charge in [-0.2, -0.15) is 0 Å². The molecule has 1 N–H and O–H groups in total. The highest BCUT2D eigenvalue weighted by atomic mass is 35.5. The lowest BCUT2D eigenvalue weighted by atomic mass is 10.3. The lowest BCUT2D eigenvalue weighted by Crippen LogP contribution is -2.34. The zero-order chi connectivity index (χ0) is 18.3. The molecule has 0 atom stereocenters. The Morgan fingerprint density at radius 3 is 2.76 bits per heavy atom. The molecule has 0 unspecified atom stereocenters. The van der Waals surface area contributed by atoms with Crippen LogP contribution in [0.25, 0.3) is 0 Å². The van der Waals surface area contributed by atoms with Gasteiger partial charge in [-0.15, -0.1) is 17.9 Å². The summed E-state index contributed by atoms with van der Waals surface area (Å²) >= 11 is 7.39. The maximum Gasteiger partial charge on any atom is 0.240 e. The van der Waals surface area contributed by atoms with Crippen LogP contribution < -0.4 is 4.72 Å². The number of hydrogen-bond acceptors (Lipinski definition) is 4. The molecule has 0 aliphatic rings. The third-order valence-corrected chi connectivity index (χ3v) is 5.92. The molecule has 5 nitrogen and oxygen atoms in total. The number of benzene rings is 1. The van der Waals surface area contributed by atoms with Crippen molar-refractivity contribution in [2.45, 2.75) is 17.9 Å². The Bertz CT molecular complexity index is 820. The van der Waals surface area contributed by atoms with E-state index in [4.69, 9.17) is 11.6 Å². The number of carbonyl (C=O) groups excluding carboxylic acids is 1. The molecular formula is C17H19ClN2O3S2. The number of rotatable bonds is 9. The van der Waals surface area contributed by atoms with Gasteiger partial charge in [0.15, 0.2) is 0 Å². The summed E-state index contributed by atoms with van der Waals surface area (Å²) in [5, 5.41) is 2.29. The van der Waals surface area contributed by atoms with Crippen LogP contribution in [0.3, 0.4) is 0 Å². The molecule has 1 amide bonds. The standard InChI is InChI=1S/C17H19ClN2O3S2/c1-2-10-20(13-15-6-4-11-24-15)17(21)8-9-19-25(22,23)16-7-3-5-14(18)12-16/h2-7,11-12,19H,1,8-10,13H2. The highest BCUT2D eigenvalue weighted by Gasteiger charge is 2.17. The van der Waals surface area contributed by atoms with Crippen molar-refractivity contribution in [3.8, 4) is 0 Å². The monoisotopic (exact) mass is 398 g/mol. The molecule has 2 rings (SSSR count). The first-order valence-electron chi connectivity index (χ1n) is 7.58. The van der Waals surface area contributed by atoms with Gasteiger partial charge < -0.3 is 4.90 Å². The van der Waals surface area contributed by atoms with Crippen molar-refractivity contribution in [1.29, 1.82) is 0 Å². The first kappa shape index (κ1) is 19.7. The van der Waals surface area contributed by atoms with E-state index in [1.165, 1.54) is 12.1 Å². The lowest BCUT2D eigenvalue weighted by Gasteiger charge is -2.20. The molecule has 1 heterocycles. The van der Waals surface area contributed by atoms with E-state index in [1.54, 1.807) is 34.4 Å². The predicted octanol–water partition coefficient (Wildman–Crippen LogP) is 3.28. The van der Waals surface area contributed by atoms with Crippen LogP contribution in [0, 0.1) is 0 Å². The van der Waals surface area contributed by atoms with Crippen molar-refractivity contribution < 1.29 is 13.2 Å². The largest absolute Gasteiger partial charge is 0.334 e. The number of sulfonamides is 1. The van der Waals surface area contributed by atoms with Crippen molar-refractivity contribution in [3.63, 3.8) is 0 Å². The molecule has 0 saturated carbocycles. The smallest absolute Gasteiger partial charge is 0.240 e. The Labute approximate surface area is 157 Å². The molecule has 25 heavy (non-hydrogen) atoms. The van der Waals surface area contributed by atoms with Crippen LogP contribution in [0.1, 0.15) is 11.3 Å². The molecule has 8 heteroatoms. The number of thiophene rings is 1. The Morgan fingerprint density at radius 2 is 2.12 bits per heavy atom. The second-order valence-corrected chi connectivity index (χ2v) is 8.48. The van der Waals surface area contributed by atoms with Gasteiger partial charge in [0, 0.05) is 29.4 Å². The fourth-order valence-corrected chi connectivity index (χ4v) is 4.22. The Kier molecular flexibility index (Phi) is 7.19. The quantitative estimate of drug-likeness (QED) is 0.659. The number of hydrogen-bond donors (Lipinski definition) is 1. The van der Waals surface area contributed by atoms with Crippen LogP contribution in [0.15, 0.2) is 59.3 Å². The van der Waals surface area contributed by atoms with Gasteiger partial charge in [0.05, 0.1) is 11.4 Å². The Morgan fingerprint density at radius 1 is 1.32 bits per heavy atom. The number of carbonyl (C=O) groups is 1. The molecule has 0 radical (unpaired) electrons. The summed E-state index contributed by atoms with van der Waals surface area (Å²) in [6.07, 6.45) is 1.72. The van der Waals surface area contributed by atoms with Gasteiger partial charge in [0.2, 0.25) is 15.9 Å². The van der Waals surface area contributed by atoms with Crippen molar-refractivity contribution in [1.82, 2.24) is 9.62 Å². The summed E-state index contributed by atoms with van der Waals surface area (Å²) < 4.78 is 26.8. The van der Waals surface area contributed by atoms with Gasteiger partial charge in [-0.3, -0.25) is 4.79 Å². The van der Waals surface area contributed by atoms with E-state index in [-0.39, 0.29) is 23.8 Å². The number of halogens is 1. The summed E-state index contributed by atoms with van der Waals surface area (Å²) in [5.41, 5.74) is 0. The molecule has 134 valence electrons. The Balaban J connectivity index is 1.92. The van der Waals surface area contributed by atoms with E-state index < -0.39 is 10.0 Å². The fraction of sp³-hybridized carbons (Fsp3) is 0.235. The van der Waals surface area contributed by atoms with Crippen LogP contribution in [-0.2, 0) is 21.4 Å². The minimum absolute atomic E-state index is 0.0196. The second kappa shape index (κ2) is 9.15. The molecule has 0 spiro atoms. The maximum atomic E-state index is 12.4. The topological polar surface area (TPSA) is 66.5 Å². The molecule has 1 aromatic heterocycles. The van der Waals surface area contributed by atoms with Crippen LogP contribution in [0.2, 0.25) is 5.02 Å². The van der Waals surface area contributed by atoms with Gasteiger partial charge in [0.1, 0.15) is 0 Å². The van der Waals surface area contributed by atoms with Crippen LogP contribution in [0.4, 0.5) is 0 Å². The van der Waals surface area contributed by atoms with E-state index in [0.717, 1.165) is 4.88 Å².